The number of carboxylic acid groups (broad SMARTS) is 1. The Morgan fingerprint density at radius 1 is 1.03 bits per heavy atom. The number of aryl methyl sites for hydroxylation is 1. The summed E-state index contributed by atoms with van der Waals surface area (Å²) < 4.78 is 18.6. The number of rotatable bonds is 8. The molecule has 1 N–H and O–H groups in total. The van der Waals surface area contributed by atoms with Gasteiger partial charge in [-0.25, -0.2) is 9.18 Å². The third kappa shape index (κ3) is 5.96. The minimum Gasteiger partial charge on any atom is -0.482 e. The van der Waals surface area contributed by atoms with Crippen molar-refractivity contribution in [2.24, 2.45) is 0 Å². The van der Waals surface area contributed by atoms with E-state index in [9.17, 15) is 9.18 Å². The highest BCUT2D eigenvalue weighted by Gasteiger charge is 2.07. The Morgan fingerprint density at radius 2 is 1.72 bits per heavy atom. The monoisotopic (exact) mass is 408 g/mol. The number of halogens is 1. The largest absolute Gasteiger partial charge is 0.482 e. The summed E-state index contributed by atoms with van der Waals surface area (Å²) >= 11 is 1.67. The van der Waals surface area contributed by atoms with Crippen LogP contribution in [-0.4, -0.2) is 23.4 Å². The van der Waals surface area contributed by atoms with Crippen molar-refractivity contribution in [2.45, 2.75) is 11.8 Å². The zero-order valence-electron chi connectivity index (χ0n) is 16.0. The number of aliphatic carboxylic acids is 1. The molecule has 0 unspecified atom stereocenters. The average molecular weight is 408 g/mol. The molecule has 0 aliphatic heterocycles. The molecule has 0 fully saturated rings. The second-order valence-electron chi connectivity index (χ2n) is 6.41. The van der Waals surface area contributed by atoms with Gasteiger partial charge in [0, 0.05) is 10.6 Å². The summed E-state index contributed by atoms with van der Waals surface area (Å²) in [6.45, 7) is 1.54. The molecule has 0 atom stereocenters. The first-order valence-corrected chi connectivity index (χ1v) is 10.1. The van der Waals surface area contributed by atoms with Gasteiger partial charge in [0.2, 0.25) is 0 Å². The summed E-state index contributed by atoms with van der Waals surface area (Å²) in [5, 5.41) is 8.74. The van der Waals surface area contributed by atoms with Crippen molar-refractivity contribution in [3.05, 3.63) is 101 Å². The highest BCUT2D eigenvalue weighted by Crippen LogP contribution is 2.28. The van der Waals surface area contributed by atoms with Crippen LogP contribution in [0.5, 0.6) is 5.75 Å². The van der Waals surface area contributed by atoms with E-state index in [1.807, 2.05) is 49.4 Å². The van der Waals surface area contributed by atoms with Gasteiger partial charge in [-0.15, -0.1) is 11.8 Å². The number of carbonyl (C=O) groups is 1. The smallest absolute Gasteiger partial charge is 0.341 e. The van der Waals surface area contributed by atoms with Gasteiger partial charge >= 0.3 is 5.97 Å². The minimum absolute atomic E-state index is 0.254. The fourth-order valence-electron chi connectivity index (χ4n) is 2.88. The molecule has 0 spiro atoms. The Kier molecular flexibility index (Phi) is 7.09. The third-order valence-electron chi connectivity index (χ3n) is 4.28. The zero-order chi connectivity index (χ0) is 20.6. The first kappa shape index (κ1) is 20.7. The van der Waals surface area contributed by atoms with Crippen LogP contribution >= 0.6 is 11.8 Å². The lowest BCUT2D eigenvalue weighted by Crippen LogP contribution is -2.09. The molecule has 3 rings (SSSR count). The zero-order valence-corrected chi connectivity index (χ0v) is 16.8. The van der Waals surface area contributed by atoms with Gasteiger partial charge in [-0.05, 0) is 59.5 Å². The van der Waals surface area contributed by atoms with Crippen LogP contribution in [0.3, 0.4) is 0 Å². The number of hydrogen-bond acceptors (Lipinski definition) is 3. The quantitative estimate of drug-likeness (QED) is 0.477. The number of thioether (sulfide) groups is 1. The lowest BCUT2D eigenvalue weighted by atomic mass is 9.98. The van der Waals surface area contributed by atoms with Crippen LogP contribution < -0.4 is 4.74 Å². The summed E-state index contributed by atoms with van der Waals surface area (Å²) in [5.74, 6) is 0.0538. The summed E-state index contributed by atoms with van der Waals surface area (Å²) in [7, 11) is 0. The van der Waals surface area contributed by atoms with Crippen LogP contribution in [0.4, 0.5) is 4.39 Å². The van der Waals surface area contributed by atoms with E-state index >= 15 is 0 Å². The first-order chi connectivity index (χ1) is 14.0. The van der Waals surface area contributed by atoms with Crippen LogP contribution in [0.2, 0.25) is 0 Å². The van der Waals surface area contributed by atoms with Gasteiger partial charge in [0.25, 0.3) is 0 Å². The van der Waals surface area contributed by atoms with Gasteiger partial charge in [-0.2, -0.15) is 0 Å². The molecule has 0 bridgehead atoms. The SMILES string of the molecule is Cc1cc(SCC=C(c2ccccc2)c2ccc(F)cc2)ccc1OCC(=O)O. The Labute approximate surface area is 173 Å². The van der Waals surface area contributed by atoms with Gasteiger partial charge in [0.15, 0.2) is 6.61 Å². The van der Waals surface area contributed by atoms with Crippen LogP contribution in [-0.2, 0) is 4.79 Å². The Hall–Kier alpha value is -3.05. The van der Waals surface area contributed by atoms with Crippen LogP contribution in [0.25, 0.3) is 5.57 Å². The normalized spacial score (nSPS) is 11.3. The van der Waals surface area contributed by atoms with Crippen molar-refractivity contribution in [2.75, 3.05) is 12.4 Å². The lowest BCUT2D eigenvalue weighted by molar-refractivity contribution is -0.139. The second kappa shape index (κ2) is 9.94. The number of hydrogen-bond donors (Lipinski definition) is 1. The van der Waals surface area contributed by atoms with Gasteiger partial charge < -0.3 is 9.84 Å². The number of benzene rings is 3. The van der Waals surface area contributed by atoms with Gasteiger partial charge in [-0.3, -0.25) is 0 Å². The van der Waals surface area contributed by atoms with E-state index in [0.29, 0.717) is 5.75 Å². The van der Waals surface area contributed by atoms with Gasteiger partial charge in [0.05, 0.1) is 0 Å². The highest BCUT2D eigenvalue weighted by molar-refractivity contribution is 7.99. The van der Waals surface area contributed by atoms with Crippen LogP contribution in [0, 0.1) is 12.7 Å². The topological polar surface area (TPSA) is 46.5 Å². The van der Waals surface area contributed by atoms with Crippen molar-refractivity contribution < 1.29 is 19.0 Å². The molecule has 3 aromatic rings. The van der Waals surface area contributed by atoms with E-state index in [2.05, 4.69) is 6.08 Å². The average Bonchev–Trinajstić information content (AvgIpc) is 2.72. The molecular weight excluding hydrogens is 387 g/mol. The molecule has 0 radical (unpaired) electrons. The molecule has 5 heteroatoms. The van der Waals surface area contributed by atoms with E-state index in [1.165, 1.54) is 12.1 Å². The Morgan fingerprint density at radius 3 is 2.38 bits per heavy atom. The van der Waals surface area contributed by atoms with Crippen molar-refractivity contribution in [3.63, 3.8) is 0 Å². The minimum atomic E-state index is -0.998. The van der Waals surface area contributed by atoms with Gasteiger partial charge in [0.1, 0.15) is 11.6 Å². The Bertz CT molecular complexity index is 998. The number of ether oxygens (including phenoxy) is 1. The van der Waals surface area contributed by atoms with Crippen molar-refractivity contribution in [1.29, 1.82) is 0 Å². The van der Waals surface area contributed by atoms with Crippen molar-refractivity contribution in [1.82, 2.24) is 0 Å². The summed E-state index contributed by atoms with van der Waals surface area (Å²) in [6, 6.07) is 22.2. The van der Waals surface area contributed by atoms with Crippen molar-refractivity contribution >= 4 is 23.3 Å². The predicted molar refractivity (Wildman–Crippen MR) is 115 cm³/mol. The van der Waals surface area contributed by atoms with Gasteiger partial charge in [-0.1, -0.05) is 48.5 Å². The molecule has 0 heterocycles. The maximum atomic E-state index is 13.3. The standard InChI is InChI=1S/C24H21FO3S/c1-17-15-21(11-12-23(17)28-16-24(26)27)29-14-13-22(18-5-3-2-4-6-18)19-7-9-20(25)10-8-19/h2-13,15H,14,16H2,1H3,(H,26,27). The van der Waals surface area contributed by atoms with E-state index in [-0.39, 0.29) is 12.4 Å². The fraction of sp³-hybridized carbons (Fsp3) is 0.125. The summed E-state index contributed by atoms with van der Waals surface area (Å²) in [4.78, 5) is 11.7. The highest BCUT2D eigenvalue weighted by atomic mass is 32.2. The maximum Gasteiger partial charge on any atom is 0.341 e. The van der Waals surface area contributed by atoms with Crippen molar-refractivity contribution in [3.8, 4) is 5.75 Å². The van der Waals surface area contributed by atoms with E-state index in [4.69, 9.17) is 9.84 Å². The summed E-state index contributed by atoms with van der Waals surface area (Å²) in [6.07, 6.45) is 2.14. The molecule has 148 valence electrons. The fourth-order valence-corrected chi connectivity index (χ4v) is 3.75. The third-order valence-corrected chi connectivity index (χ3v) is 5.20. The van der Waals surface area contributed by atoms with E-state index in [0.717, 1.165) is 32.9 Å². The van der Waals surface area contributed by atoms with E-state index in [1.54, 1.807) is 30.0 Å². The molecule has 29 heavy (non-hydrogen) atoms. The molecule has 0 amide bonds. The molecule has 3 aromatic carbocycles. The van der Waals surface area contributed by atoms with Crippen LogP contribution in [0.1, 0.15) is 16.7 Å². The predicted octanol–water partition coefficient (Wildman–Crippen LogP) is 5.82. The molecular formula is C24H21FO3S. The Balaban J connectivity index is 1.75. The van der Waals surface area contributed by atoms with Crippen LogP contribution in [0.15, 0.2) is 83.8 Å². The second-order valence-corrected chi connectivity index (χ2v) is 7.50. The maximum absolute atomic E-state index is 13.3. The molecule has 0 saturated carbocycles. The molecule has 0 aliphatic rings. The first-order valence-electron chi connectivity index (χ1n) is 9.12. The lowest BCUT2D eigenvalue weighted by Gasteiger charge is -2.10. The molecule has 0 aromatic heterocycles. The number of carboxylic acids is 1. The molecule has 0 saturated heterocycles. The summed E-state index contributed by atoms with van der Waals surface area (Å²) in [5.41, 5.74) is 3.98. The molecule has 0 aliphatic carbocycles. The van der Waals surface area contributed by atoms with E-state index < -0.39 is 5.97 Å². The molecule has 3 nitrogen and oxygen atoms in total.